The largest absolute Gasteiger partial charge is 0.384 e. The molecule has 1 heterocycles. The van der Waals surface area contributed by atoms with Gasteiger partial charge in [-0.15, -0.1) is 0 Å². The Bertz CT molecular complexity index is 557. The van der Waals surface area contributed by atoms with Crippen LogP contribution in [0.5, 0.6) is 0 Å². The number of likely N-dealkylation sites (tertiary alicyclic amines) is 1. The van der Waals surface area contributed by atoms with Gasteiger partial charge in [-0.05, 0) is 49.9 Å². The van der Waals surface area contributed by atoms with Crippen molar-refractivity contribution in [2.75, 3.05) is 26.8 Å². The van der Waals surface area contributed by atoms with Crippen molar-refractivity contribution in [3.63, 3.8) is 0 Å². The lowest BCUT2D eigenvalue weighted by Crippen LogP contribution is -2.55. The van der Waals surface area contributed by atoms with E-state index >= 15 is 0 Å². The molecule has 1 N–H and O–H groups in total. The van der Waals surface area contributed by atoms with E-state index in [9.17, 15) is 4.79 Å². The molecule has 24 heavy (non-hydrogen) atoms. The molecule has 5 heteroatoms. The number of nitrogens with zero attached hydrogens (tertiary/aromatic N) is 1. The molecule has 1 aliphatic carbocycles. The number of benzene rings is 1. The third-order valence-corrected chi connectivity index (χ3v) is 5.63. The van der Waals surface area contributed by atoms with Crippen LogP contribution in [0, 0.1) is 5.41 Å². The highest BCUT2D eigenvalue weighted by molar-refractivity contribution is 6.30. The molecule has 0 spiro atoms. The van der Waals surface area contributed by atoms with Gasteiger partial charge < -0.3 is 10.1 Å². The molecule has 0 unspecified atom stereocenters. The number of carbonyl (C=O) groups excluding carboxylic acids is 1. The normalized spacial score (nSPS) is 23.5. The highest BCUT2D eigenvalue weighted by atomic mass is 35.5. The van der Waals surface area contributed by atoms with Crippen molar-refractivity contribution in [1.29, 1.82) is 0 Å². The lowest BCUT2D eigenvalue weighted by Gasteiger charge is -2.42. The van der Waals surface area contributed by atoms with Gasteiger partial charge in [0.25, 0.3) is 0 Å². The molecule has 1 aromatic rings. The van der Waals surface area contributed by atoms with E-state index in [-0.39, 0.29) is 17.4 Å². The number of hydrogen-bond donors (Lipinski definition) is 1. The average molecular weight is 351 g/mol. The van der Waals surface area contributed by atoms with Crippen LogP contribution in [-0.2, 0) is 16.1 Å². The van der Waals surface area contributed by atoms with Gasteiger partial charge in [-0.25, -0.2) is 0 Å². The number of piperidine rings is 1. The summed E-state index contributed by atoms with van der Waals surface area (Å²) in [7, 11) is 1.68. The minimum absolute atomic E-state index is 0.189. The van der Waals surface area contributed by atoms with Gasteiger partial charge in [0.05, 0.1) is 12.0 Å². The zero-order valence-electron chi connectivity index (χ0n) is 14.4. The van der Waals surface area contributed by atoms with Crippen molar-refractivity contribution in [2.24, 2.45) is 5.41 Å². The Hall–Kier alpha value is -1.10. The molecule has 1 aliphatic heterocycles. The summed E-state index contributed by atoms with van der Waals surface area (Å²) in [4.78, 5) is 15.1. The molecular formula is C19H27ClN2O2. The second-order valence-electron chi connectivity index (χ2n) is 7.24. The van der Waals surface area contributed by atoms with Gasteiger partial charge in [-0.3, -0.25) is 9.69 Å². The molecule has 0 bridgehead atoms. The molecule has 0 radical (unpaired) electrons. The molecule has 1 atom stereocenters. The first kappa shape index (κ1) is 17.7. The van der Waals surface area contributed by atoms with Crippen LogP contribution in [0.2, 0.25) is 5.02 Å². The highest BCUT2D eigenvalue weighted by Crippen LogP contribution is 2.41. The first-order chi connectivity index (χ1) is 11.6. The Labute approximate surface area is 149 Å². The van der Waals surface area contributed by atoms with Gasteiger partial charge in [0.15, 0.2) is 0 Å². The molecule has 0 aromatic heterocycles. The van der Waals surface area contributed by atoms with Crippen LogP contribution in [0.15, 0.2) is 24.3 Å². The molecule has 1 amide bonds. The van der Waals surface area contributed by atoms with E-state index in [1.165, 1.54) is 5.56 Å². The van der Waals surface area contributed by atoms with Crippen molar-refractivity contribution >= 4 is 17.5 Å². The standard InChI is InChI=1S/C19H27ClN2O2/c1-24-14-19(9-3-10-19)18(23)21-17-4-2-11-22(13-17)12-15-5-7-16(20)8-6-15/h5-8,17H,2-4,9-14H2,1H3,(H,21,23)/t17-/m0/s1. The molecule has 2 fully saturated rings. The molecule has 1 saturated heterocycles. The maximum Gasteiger partial charge on any atom is 0.228 e. The van der Waals surface area contributed by atoms with E-state index in [2.05, 4.69) is 22.3 Å². The van der Waals surface area contributed by atoms with Crippen molar-refractivity contribution < 1.29 is 9.53 Å². The van der Waals surface area contributed by atoms with Crippen LogP contribution in [0.1, 0.15) is 37.7 Å². The summed E-state index contributed by atoms with van der Waals surface area (Å²) in [5.41, 5.74) is 0.994. The topological polar surface area (TPSA) is 41.6 Å². The van der Waals surface area contributed by atoms with Gasteiger partial charge in [0, 0.05) is 31.3 Å². The van der Waals surface area contributed by atoms with E-state index < -0.39 is 0 Å². The first-order valence-corrected chi connectivity index (χ1v) is 9.26. The number of ether oxygens (including phenoxy) is 1. The summed E-state index contributed by atoms with van der Waals surface area (Å²) < 4.78 is 5.29. The number of amides is 1. The summed E-state index contributed by atoms with van der Waals surface area (Å²) in [5.74, 6) is 0.189. The van der Waals surface area contributed by atoms with Crippen LogP contribution in [0.4, 0.5) is 0 Å². The van der Waals surface area contributed by atoms with E-state index in [1.54, 1.807) is 7.11 Å². The minimum atomic E-state index is -0.271. The van der Waals surface area contributed by atoms with Crippen molar-refractivity contribution in [3.05, 3.63) is 34.9 Å². The second-order valence-corrected chi connectivity index (χ2v) is 7.68. The fourth-order valence-electron chi connectivity index (χ4n) is 3.82. The van der Waals surface area contributed by atoms with Gasteiger partial charge in [-0.1, -0.05) is 30.2 Å². The van der Waals surface area contributed by atoms with E-state index in [4.69, 9.17) is 16.3 Å². The Balaban J connectivity index is 1.53. The molecule has 1 saturated carbocycles. The van der Waals surface area contributed by atoms with E-state index in [0.29, 0.717) is 6.61 Å². The first-order valence-electron chi connectivity index (χ1n) is 8.88. The minimum Gasteiger partial charge on any atom is -0.384 e. The Morgan fingerprint density at radius 1 is 1.33 bits per heavy atom. The number of rotatable bonds is 6. The SMILES string of the molecule is COCC1(C(=O)N[C@H]2CCCN(Cc3ccc(Cl)cc3)C2)CCC1. The molecule has 1 aromatic carbocycles. The molecule has 3 rings (SSSR count). The highest BCUT2D eigenvalue weighted by Gasteiger charge is 2.44. The number of carbonyl (C=O) groups is 1. The molecular weight excluding hydrogens is 324 g/mol. The third-order valence-electron chi connectivity index (χ3n) is 5.37. The number of hydrogen-bond acceptors (Lipinski definition) is 3. The second kappa shape index (κ2) is 7.85. The van der Waals surface area contributed by atoms with Crippen LogP contribution >= 0.6 is 11.6 Å². The molecule has 132 valence electrons. The van der Waals surface area contributed by atoms with Crippen LogP contribution in [-0.4, -0.2) is 43.7 Å². The van der Waals surface area contributed by atoms with Gasteiger partial charge in [0.2, 0.25) is 5.91 Å². The quantitative estimate of drug-likeness (QED) is 0.856. The Morgan fingerprint density at radius 2 is 2.08 bits per heavy atom. The predicted molar refractivity (Wildman–Crippen MR) is 96.1 cm³/mol. The predicted octanol–water partition coefficient (Wildman–Crippen LogP) is 3.24. The molecule has 2 aliphatic rings. The van der Waals surface area contributed by atoms with Crippen LogP contribution in [0.3, 0.4) is 0 Å². The smallest absolute Gasteiger partial charge is 0.228 e. The zero-order valence-corrected chi connectivity index (χ0v) is 15.1. The summed E-state index contributed by atoms with van der Waals surface area (Å²) in [5, 5.41) is 4.06. The summed E-state index contributed by atoms with van der Waals surface area (Å²) >= 11 is 5.95. The van der Waals surface area contributed by atoms with E-state index in [1.807, 2.05) is 12.1 Å². The third kappa shape index (κ3) is 4.11. The van der Waals surface area contributed by atoms with Crippen molar-refractivity contribution in [1.82, 2.24) is 10.2 Å². The van der Waals surface area contributed by atoms with Gasteiger partial charge in [-0.2, -0.15) is 0 Å². The number of methoxy groups -OCH3 is 1. The lowest BCUT2D eigenvalue weighted by atomic mass is 9.68. The maximum absolute atomic E-state index is 12.7. The van der Waals surface area contributed by atoms with Gasteiger partial charge >= 0.3 is 0 Å². The van der Waals surface area contributed by atoms with E-state index in [0.717, 1.165) is 56.8 Å². The van der Waals surface area contributed by atoms with Gasteiger partial charge in [0.1, 0.15) is 0 Å². The zero-order chi connectivity index (χ0) is 17.0. The average Bonchev–Trinajstić information content (AvgIpc) is 2.53. The lowest BCUT2D eigenvalue weighted by molar-refractivity contribution is -0.141. The Morgan fingerprint density at radius 3 is 2.71 bits per heavy atom. The van der Waals surface area contributed by atoms with Crippen molar-refractivity contribution in [2.45, 2.75) is 44.7 Å². The summed E-state index contributed by atoms with van der Waals surface area (Å²) in [6.45, 7) is 3.45. The summed E-state index contributed by atoms with van der Waals surface area (Å²) in [6.07, 6.45) is 5.22. The fraction of sp³-hybridized carbons (Fsp3) is 0.632. The maximum atomic E-state index is 12.7. The molecule has 4 nitrogen and oxygen atoms in total. The number of halogens is 1. The Kier molecular flexibility index (Phi) is 5.80. The summed E-state index contributed by atoms with van der Waals surface area (Å²) in [6, 6.07) is 8.27. The number of nitrogens with one attached hydrogen (secondary N) is 1. The fourth-order valence-corrected chi connectivity index (χ4v) is 3.95. The monoisotopic (exact) mass is 350 g/mol. The van der Waals surface area contributed by atoms with Crippen LogP contribution in [0.25, 0.3) is 0 Å². The van der Waals surface area contributed by atoms with Crippen LogP contribution < -0.4 is 5.32 Å². The van der Waals surface area contributed by atoms with Crippen molar-refractivity contribution in [3.8, 4) is 0 Å².